The lowest BCUT2D eigenvalue weighted by atomic mass is 9.96. The standard InChI is InChI=1S/C15H22N2OS2/c19-15(17-14-9-11-3-4-12(14)8-11)16-5-7-20-10-13-2-1-6-18-13/h1-2,6,11-12,14H,3-5,7-10H2,(H2,16,17,19)/t11-,12-,14+/m1/s1. The molecule has 0 spiro atoms. The topological polar surface area (TPSA) is 37.2 Å². The van der Waals surface area contributed by atoms with Crippen molar-refractivity contribution in [1.82, 2.24) is 10.6 Å². The van der Waals surface area contributed by atoms with Crippen LogP contribution in [0.3, 0.4) is 0 Å². The first-order chi connectivity index (χ1) is 9.81. The molecular weight excluding hydrogens is 288 g/mol. The van der Waals surface area contributed by atoms with Gasteiger partial charge in [-0.1, -0.05) is 6.42 Å². The molecule has 2 aliphatic rings. The highest BCUT2D eigenvalue weighted by atomic mass is 32.2. The molecule has 2 saturated carbocycles. The maximum absolute atomic E-state index is 5.39. The molecule has 0 unspecified atom stereocenters. The Balaban J connectivity index is 1.26. The summed E-state index contributed by atoms with van der Waals surface area (Å²) in [6.45, 7) is 0.915. The van der Waals surface area contributed by atoms with Gasteiger partial charge in [0.15, 0.2) is 5.11 Å². The molecule has 2 aliphatic carbocycles. The fourth-order valence-electron chi connectivity index (χ4n) is 3.45. The fraction of sp³-hybridized carbons (Fsp3) is 0.667. The number of thiocarbonyl (C=S) groups is 1. The van der Waals surface area contributed by atoms with Gasteiger partial charge in [0.2, 0.25) is 0 Å². The van der Waals surface area contributed by atoms with Crippen molar-refractivity contribution >= 4 is 29.1 Å². The summed E-state index contributed by atoms with van der Waals surface area (Å²) in [5.74, 6) is 4.84. The molecule has 1 aromatic heterocycles. The van der Waals surface area contributed by atoms with Gasteiger partial charge in [0, 0.05) is 18.3 Å². The fourth-order valence-corrected chi connectivity index (χ4v) is 4.45. The quantitative estimate of drug-likeness (QED) is 0.623. The van der Waals surface area contributed by atoms with Crippen molar-refractivity contribution in [2.45, 2.75) is 37.5 Å². The highest BCUT2D eigenvalue weighted by Gasteiger charge is 2.39. The smallest absolute Gasteiger partial charge is 0.166 e. The van der Waals surface area contributed by atoms with Crippen LogP contribution < -0.4 is 10.6 Å². The molecule has 1 aromatic rings. The molecule has 0 aromatic carbocycles. The molecule has 110 valence electrons. The second-order valence-corrected chi connectivity index (χ2v) is 7.33. The van der Waals surface area contributed by atoms with E-state index in [1.54, 1.807) is 6.26 Å². The minimum absolute atomic E-state index is 0.629. The molecule has 1 heterocycles. The second-order valence-electron chi connectivity index (χ2n) is 5.81. The van der Waals surface area contributed by atoms with Crippen molar-refractivity contribution < 1.29 is 4.42 Å². The predicted octanol–water partition coefficient (Wildman–Crippen LogP) is 3.17. The summed E-state index contributed by atoms with van der Waals surface area (Å²) in [4.78, 5) is 0. The van der Waals surface area contributed by atoms with E-state index in [1.807, 2.05) is 23.9 Å². The summed E-state index contributed by atoms with van der Waals surface area (Å²) < 4.78 is 5.30. The van der Waals surface area contributed by atoms with Gasteiger partial charge in [0.05, 0.1) is 12.0 Å². The molecule has 2 N–H and O–H groups in total. The molecule has 0 radical (unpaired) electrons. The van der Waals surface area contributed by atoms with Gasteiger partial charge in [-0.2, -0.15) is 11.8 Å². The van der Waals surface area contributed by atoms with Crippen LogP contribution in [0.5, 0.6) is 0 Å². The first-order valence-corrected chi connectivity index (χ1v) is 9.02. The number of fused-ring (bicyclic) bond motifs is 2. The summed E-state index contributed by atoms with van der Waals surface area (Å²) in [5, 5.41) is 7.66. The summed E-state index contributed by atoms with van der Waals surface area (Å²) in [6, 6.07) is 4.58. The van der Waals surface area contributed by atoms with E-state index in [-0.39, 0.29) is 0 Å². The van der Waals surface area contributed by atoms with Crippen LogP contribution in [0.15, 0.2) is 22.8 Å². The summed E-state index contributed by atoms with van der Waals surface area (Å²) >= 11 is 7.25. The van der Waals surface area contributed by atoms with Crippen LogP contribution in [0.4, 0.5) is 0 Å². The lowest BCUT2D eigenvalue weighted by Crippen LogP contribution is -2.44. The van der Waals surface area contributed by atoms with Gasteiger partial charge in [0.1, 0.15) is 5.76 Å². The van der Waals surface area contributed by atoms with Crippen molar-refractivity contribution in [1.29, 1.82) is 0 Å². The molecule has 3 nitrogen and oxygen atoms in total. The SMILES string of the molecule is S=C(NCCSCc1ccco1)N[C@H]1C[C@@H]2CC[C@@H]1C2. The Morgan fingerprint density at radius 3 is 3.05 bits per heavy atom. The normalized spacial score (nSPS) is 27.7. The maximum atomic E-state index is 5.39. The third kappa shape index (κ3) is 3.70. The van der Waals surface area contributed by atoms with Gasteiger partial charge in [-0.15, -0.1) is 0 Å². The number of nitrogens with one attached hydrogen (secondary N) is 2. The van der Waals surface area contributed by atoms with Crippen LogP contribution in [0, 0.1) is 11.8 Å². The Morgan fingerprint density at radius 1 is 1.40 bits per heavy atom. The Bertz CT molecular complexity index is 435. The van der Waals surface area contributed by atoms with Crippen LogP contribution >= 0.6 is 24.0 Å². The van der Waals surface area contributed by atoms with Crippen molar-refractivity contribution in [3.63, 3.8) is 0 Å². The Labute approximate surface area is 130 Å². The van der Waals surface area contributed by atoms with Crippen molar-refractivity contribution in [2.24, 2.45) is 11.8 Å². The van der Waals surface area contributed by atoms with E-state index in [0.29, 0.717) is 6.04 Å². The maximum Gasteiger partial charge on any atom is 0.166 e. The number of thioether (sulfide) groups is 1. The molecule has 0 amide bonds. The number of furan rings is 1. The van der Waals surface area contributed by atoms with E-state index in [9.17, 15) is 0 Å². The minimum Gasteiger partial charge on any atom is -0.468 e. The highest BCUT2D eigenvalue weighted by molar-refractivity contribution is 7.98. The van der Waals surface area contributed by atoms with Crippen molar-refractivity contribution in [3.05, 3.63) is 24.2 Å². The van der Waals surface area contributed by atoms with Gasteiger partial charge >= 0.3 is 0 Å². The summed E-state index contributed by atoms with van der Waals surface area (Å²) in [6.07, 6.45) is 7.29. The highest BCUT2D eigenvalue weighted by Crippen LogP contribution is 2.44. The van der Waals surface area contributed by atoms with Gasteiger partial charge in [-0.05, 0) is 55.4 Å². The Morgan fingerprint density at radius 2 is 2.35 bits per heavy atom. The van der Waals surface area contributed by atoms with Gasteiger partial charge in [-0.25, -0.2) is 0 Å². The Kier molecular flexibility index (Phi) is 4.89. The first-order valence-electron chi connectivity index (χ1n) is 7.46. The molecule has 2 fully saturated rings. The zero-order valence-corrected chi connectivity index (χ0v) is 13.3. The monoisotopic (exact) mass is 310 g/mol. The zero-order valence-electron chi connectivity index (χ0n) is 11.6. The number of hydrogen-bond acceptors (Lipinski definition) is 3. The van der Waals surface area contributed by atoms with E-state index in [1.165, 1.54) is 25.7 Å². The number of hydrogen-bond donors (Lipinski definition) is 2. The van der Waals surface area contributed by atoms with E-state index < -0.39 is 0 Å². The average Bonchev–Trinajstić information content (AvgIpc) is 3.15. The van der Waals surface area contributed by atoms with Gasteiger partial charge < -0.3 is 15.1 Å². The van der Waals surface area contributed by atoms with Crippen molar-refractivity contribution in [2.75, 3.05) is 12.3 Å². The first kappa shape index (κ1) is 14.3. The molecule has 20 heavy (non-hydrogen) atoms. The second kappa shape index (κ2) is 6.85. The third-order valence-corrected chi connectivity index (χ3v) is 5.65. The van der Waals surface area contributed by atoms with Gasteiger partial charge in [-0.3, -0.25) is 0 Å². The van der Waals surface area contributed by atoms with Crippen LogP contribution in [-0.2, 0) is 5.75 Å². The molecule has 0 aliphatic heterocycles. The van der Waals surface area contributed by atoms with Crippen LogP contribution in [0.1, 0.15) is 31.4 Å². The molecule has 3 atom stereocenters. The van der Waals surface area contributed by atoms with Crippen LogP contribution in [0.2, 0.25) is 0 Å². The number of rotatable bonds is 6. The van der Waals surface area contributed by atoms with E-state index in [0.717, 1.165) is 40.8 Å². The minimum atomic E-state index is 0.629. The molecule has 2 bridgehead atoms. The van der Waals surface area contributed by atoms with Crippen LogP contribution in [0.25, 0.3) is 0 Å². The summed E-state index contributed by atoms with van der Waals surface area (Å²) in [7, 11) is 0. The van der Waals surface area contributed by atoms with E-state index >= 15 is 0 Å². The van der Waals surface area contributed by atoms with E-state index in [4.69, 9.17) is 16.6 Å². The lowest BCUT2D eigenvalue weighted by molar-refractivity contribution is 0.389. The molecule has 5 heteroatoms. The Hall–Kier alpha value is -0.680. The summed E-state index contributed by atoms with van der Waals surface area (Å²) in [5.41, 5.74) is 0. The third-order valence-electron chi connectivity index (χ3n) is 4.41. The zero-order chi connectivity index (χ0) is 13.8. The van der Waals surface area contributed by atoms with Crippen LogP contribution in [-0.4, -0.2) is 23.5 Å². The van der Waals surface area contributed by atoms with E-state index in [2.05, 4.69) is 10.6 Å². The molecule has 0 saturated heterocycles. The largest absolute Gasteiger partial charge is 0.468 e. The molecular formula is C15H22N2OS2. The average molecular weight is 310 g/mol. The molecule has 3 rings (SSSR count). The lowest BCUT2D eigenvalue weighted by Gasteiger charge is -2.24. The van der Waals surface area contributed by atoms with Crippen molar-refractivity contribution in [3.8, 4) is 0 Å². The van der Waals surface area contributed by atoms with Gasteiger partial charge in [0.25, 0.3) is 0 Å². The predicted molar refractivity (Wildman–Crippen MR) is 87.8 cm³/mol.